The number of ether oxygens (including phenoxy) is 1. The molecule has 3 fully saturated rings. The van der Waals surface area contributed by atoms with Gasteiger partial charge in [-0.1, -0.05) is 6.42 Å². The highest BCUT2D eigenvalue weighted by molar-refractivity contribution is 4.97. The van der Waals surface area contributed by atoms with Crippen LogP contribution >= 0.6 is 0 Å². The lowest BCUT2D eigenvalue weighted by Crippen LogP contribution is -2.52. The molecule has 2 aliphatic heterocycles. The van der Waals surface area contributed by atoms with Crippen LogP contribution in [0.4, 0.5) is 0 Å². The second-order valence-corrected chi connectivity index (χ2v) is 6.18. The molecule has 3 rings (SSSR count). The molecule has 3 atom stereocenters. The second-order valence-electron chi connectivity index (χ2n) is 6.18. The lowest BCUT2D eigenvalue weighted by Gasteiger charge is -2.49. The Morgan fingerprint density at radius 1 is 1.18 bits per heavy atom. The van der Waals surface area contributed by atoms with Gasteiger partial charge in [-0.25, -0.2) is 0 Å². The predicted octanol–water partition coefficient (Wildman–Crippen LogP) is 1.84. The summed E-state index contributed by atoms with van der Waals surface area (Å²) < 4.78 is 5.94. The number of nitrogens with one attached hydrogen (secondary N) is 1. The van der Waals surface area contributed by atoms with E-state index < -0.39 is 0 Å². The van der Waals surface area contributed by atoms with Gasteiger partial charge in [0, 0.05) is 12.6 Å². The number of aliphatic hydroxyl groups is 1. The van der Waals surface area contributed by atoms with Crippen molar-refractivity contribution >= 4 is 0 Å². The first-order chi connectivity index (χ1) is 8.29. The highest BCUT2D eigenvalue weighted by atomic mass is 16.5. The van der Waals surface area contributed by atoms with Crippen molar-refractivity contribution in [3.05, 3.63) is 0 Å². The van der Waals surface area contributed by atoms with Gasteiger partial charge in [-0.3, -0.25) is 0 Å². The summed E-state index contributed by atoms with van der Waals surface area (Å²) in [7, 11) is 0. The molecule has 0 aromatic rings. The van der Waals surface area contributed by atoms with Gasteiger partial charge in [-0.05, 0) is 57.4 Å². The van der Waals surface area contributed by atoms with Gasteiger partial charge < -0.3 is 15.2 Å². The van der Waals surface area contributed by atoms with E-state index in [4.69, 9.17) is 4.74 Å². The summed E-state index contributed by atoms with van der Waals surface area (Å²) >= 11 is 0. The van der Waals surface area contributed by atoms with E-state index in [0.29, 0.717) is 12.0 Å². The molecule has 0 bridgehead atoms. The third-order valence-corrected chi connectivity index (χ3v) is 5.04. The van der Waals surface area contributed by atoms with Crippen LogP contribution < -0.4 is 5.32 Å². The Balaban J connectivity index is 1.58. The van der Waals surface area contributed by atoms with Crippen LogP contribution in [0.2, 0.25) is 0 Å². The zero-order valence-corrected chi connectivity index (χ0v) is 10.7. The van der Waals surface area contributed by atoms with Crippen molar-refractivity contribution in [1.29, 1.82) is 0 Å². The Morgan fingerprint density at radius 2 is 2.06 bits per heavy atom. The molecule has 3 nitrogen and oxygen atoms in total. The third kappa shape index (κ3) is 2.38. The molecule has 3 aliphatic rings. The summed E-state index contributed by atoms with van der Waals surface area (Å²) in [5.41, 5.74) is 0.165. The standard InChI is InChI=1S/C14H25NO2/c16-13(12-4-1-2-8-15-12)11-5-9-17-14(10-11)6-3-7-14/h11-13,15-16H,1-10H2. The van der Waals surface area contributed by atoms with E-state index in [2.05, 4.69) is 5.32 Å². The van der Waals surface area contributed by atoms with E-state index in [0.717, 1.165) is 32.4 Å². The van der Waals surface area contributed by atoms with E-state index >= 15 is 0 Å². The fourth-order valence-electron chi connectivity index (χ4n) is 3.78. The smallest absolute Gasteiger partial charge is 0.0723 e. The second kappa shape index (κ2) is 4.87. The van der Waals surface area contributed by atoms with Gasteiger partial charge in [0.25, 0.3) is 0 Å². The fourth-order valence-corrected chi connectivity index (χ4v) is 3.78. The average molecular weight is 239 g/mol. The molecule has 3 heteroatoms. The Bertz CT molecular complexity index is 259. The minimum absolute atomic E-state index is 0.156. The number of hydrogen-bond acceptors (Lipinski definition) is 3. The summed E-state index contributed by atoms with van der Waals surface area (Å²) in [6.45, 7) is 1.94. The highest BCUT2D eigenvalue weighted by Crippen LogP contribution is 2.45. The molecular weight excluding hydrogens is 214 g/mol. The van der Waals surface area contributed by atoms with Crippen molar-refractivity contribution in [2.45, 2.75) is 69.1 Å². The molecule has 2 heterocycles. The molecule has 1 spiro atoms. The molecular formula is C14H25NO2. The van der Waals surface area contributed by atoms with Crippen LogP contribution in [0.15, 0.2) is 0 Å². The van der Waals surface area contributed by atoms with Crippen LogP contribution in [-0.2, 0) is 4.74 Å². The van der Waals surface area contributed by atoms with Gasteiger partial charge in [-0.15, -0.1) is 0 Å². The van der Waals surface area contributed by atoms with Gasteiger partial charge in [0.2, 0.25) is 0 Å². The fraction of sp³-hybridized carbons (Fsp3) is 1.00. The van der Waals surface area contributed by atoms with Gasteiger partial charge in [0.1, 0.15) is 0 Å². The Hall–Kier alpha value is -0.120. The van der Waals surface area contributed by atoms with Crippen molar-refractivity contribution in [3.63, 3.8) is 0 Å². The molecule has 2 N–H and O–H groups in total. The maximum atomic E-state index is 10.5. The van der Waals surface area contributed by atoms with E-state index in [1.807, 2.05) is 0 Å². The summed E-state index contributed by atoms with van der Waals surface area (Å²) in [4.78, 5) is 0. The van der Waals surface area contributed by atoms with Gasteiger partial charge in [-0.2, -0.15) is 0 Å². The first kappa shape index (κ1) is 11.9. The maximum Gasteiger partial charge on any atom is 0.0723 e. The monoisotopic (exact) mass is 239 g/mol. The lowest BCUT2D eigenvalue weighted by molar-refractivity contribution is -0.159. The van der Waals surface area contributed by atoms with E-state index in [1.54, 1.807) is 0 Å². The lowest BCUT2D eigenvalue weighted by atomic mass is 9.70. The molecule has 0 aromatic heterocycles. The minimum Gasteiger partial charge on any atom is -0.391 e. The van der Waals surface area contributed by atoms with E-state index in [1.165, 1.54) is 32.1 Å². The summed E-state index contributed by atoms with van der Waals surface area (Å²) in [6, 6.07) is 0.337. The number of aliphatic hydroxyl groups excluding tert-OH is 1. The molecule has 0 radical (unpaired) electrons. The first-order valence-corrected chi connectivity index (χ1v) is 7.35. The zero-order chi connectivity index (χ0) is 11.7. The topological polar surface area (TPSA) is 41.5 Å². The number of hydrogen-bond donors (Lipinski definition) is 2. The molecule has 3 unspecified atom stereocenters. The van der Waals surface area contributed by atoms with Crippen LogP contribution in [-0.4, -0.2) is 36.0 Å². The summed E-state index contributed by atoms with van der Waals surface area (Å²) in [6.07, 6.45) is 9.40. The van der Waals surface area contributed by atoms with E-state index in [9.17, 15) is 5.11 Å². The van der Waals surface area contributed by atoms with Gasteiger partial charge in [0.05, 0.1) is 11.7 Å². The Labute approximate surface area is 104 Å². The summed E-state index contributed by atoms with van der Waals surface area (Å²) in [5, 5.41) is 14.0. The van der Waals surface area contributed by atoms with Crippen molar-refractivity contribution in [1.82, 2.24) is 5.32 Å². The number of rotatable bonds is 2. The van der Waals surface area contributed by atoms with Crippen LogP contribution in [0.5, 0.6) is 0 Å². The zero-order valence-electron chi connectivity index (χ0n) is 10.7. The average Bonchev–Trinajstić information content (AvgIpc) is 2.37. The molecule has 98 valence electrons. The largest absolute Gasteiger partial charge is 0.391 e. The highest BCUT2D eigenvalue weighted by Gasteiger charge is 2.45. The normalized spacial score (nSPS) is 38.6. The Morgan fingerprint density at radius 3 is 2.71 bits per heavy atom. The minimum atomic E-state index is -0.156. The van der Waals surface area contributed by atoms with Crippen molar-refractivity contribution in [3.8, 4) is 0 Å². The first-order valence-electron chi connectivity index (χ1n) is 7.35. The summed E-state index contributed by atoms with van der Waals surface area (Å²) in [5.74, 6) is 0.458. The van der Waals surface area contributed by atoms with Crippen LogP contribution in [0.3, 0.4) is 0 Å². The van der Waals surface area contributed by atoms with Gasteiger partial charge >= 0.3 is 0 Å². The maximum absolute atomic E-state index is 10.5. The third-order valence-electron chi connectivity index (χ3n) is 5.04. The molecule has 2 saturated heterocycles. The number of piperidine rings is 1. The molecule has 1 aliphatic carbocycles. The molecule has 17 heavy (non-hydrogen) atoms. The Kier molecular flexibility index (Phi) is 3.42. The van der Waals surface area contributed by atoms with Crippen molar-refractivity contribution in [2.24, 2.45) is 5.92 Å². The predicted molar refractivity (Wildman–Crippen MR) is 66.9 cm³/mol. The van der Waals surface area contributed by atoms with Crippen LogP contribution in [0, 0.1) is 5.92 Å². The van der Waals surface area contributed by atoms with Crippen molar-refractivity contribution < 1.29 is 9.84 Å². The molecule has 0 aromatic carbocycles. The van der Waals surface area contributed by atoms with Crippen molar-refractivity contribution in [2.75, 3.05) is 13.2 Å². The van der Waals surface area contributed by atoms with Crippen LogP contribution in [0.1, 0.15) is 51.4 Å². The molecule has 0 amide bonds. The quantitative estimate of drug-likeness (QED) is 0.772. The van der Waals surface area contributed by atoms with Gasteiger partial charge in [0.15, 0.2) is 0 Å². The van der Waals surface area contributed by atoms with Crippen LogP contribution in [0.25, 0.3) is 0 Å². The molecule has 1 saturated carbocycles. The van der Waals surface area contributed by atoms with E-state index in [-0.39, 0.29) is 11.7 Å². The SMILES string of the molecule is OC(C1CCOC2(CCC2)C1)C1CCCCN1.